The van der Waals surface area contributed by atoms with Crippen molar-refractivity contribution in [2.45, 2.75) is 13.3 Å². The lowest BCUT2D eigenvalue weighted by Gasteiger charge is -2.09. The number of pyridine rings is 1. The molecule has 0 bridgehead atoms. The van der Waals surface area contributed by atoms with Crippen molar-refractivity contribution in [3.8, 4) is 11.5 Å². The summed E-state index contributed by atoms with van der Waals surface area (Å²) in [6, 6.07) is 20.6. The number of carbonyl (C=O) groups excluding carboxylic acids is 1. The molecule has 4 N–H and O–H groups in total. The van der Waals surface area contributed by atoms with Crippen LogP contribution in [0.3, 0.4) is 0 Å². The third kappa shape index (κ3) is 7.70. The van der Waals surface area contributed by atoms with Gasteiger partial charge in [-0.3, -0.25) is 9.79 Å². The Hall–Kier alpha value is -3.14. The van der Waals surface area contributed by atoms with Gasteiger partial charge < -0.3 is 21.1 Å². The molecule has 0 aliphatic rings. The number of aryl methyl sites for hydroxylation is 1. The van der Waals surface area contributed by atoms with Gasteiger partial charge in [0.15, 0.2) is 5.96 Å². The number of guanidine groups is 1. The quantitative estimate of drug-likeness (QED) is 0.243. The Morgan fingerprint density at radius 2 is 1.80 bits per heavy atom. The van der Waals surface area contributed by atoms with Crippen LogP contribution in [0.4, 0.5) is 11.5 Å². The number of carbonyl (C=O) groups is 1. The zero-order chi connectivity index (χ0) is 20.5. The molecule has 0 aliphatic heterocycles. The van der Waals surface area contributed by atoms with Crippen molar-refractivity contribution in [1.82, 2.24) is 4.98 Å². The van der Waals surface area contributed by atoms with Gasteiger partial charge in [-0.2, -0.15) is 0 Å². The highest BCUT2D eigenvalue weighted by Crippen LogP contribution is 2.23. The number of para-hydroxylation sites is 1. The molecule has 0 aliphatic carbocycles. The molecule has 0 radical (unpaired) electrons. The predicted octanol–water partition coefficient (Wildman–Crippen LogP) is 4.56. The number of halogens is 1. The summed E-state index contributed by atoms with van der Waals surface area (Å²) < 4.78 is 5.80. The van der Waals surface area contributed by atoms with Crippen molar-refractivity contribution in [2.75, 3.05) is 17.2 Å². The first-order valence-electron chi connectivity index (χ1n) is 9.21. The number of nitrogens with zero attached hydrogens (tertiary/aromatic N) is 2. The number of benzene rings is 2. The third-order valence-electron chi connectivity index (χ3n) is 3.89. The lowest BCUT2D eigenvalue weighted by molar-refractivity contribution is -0.116. The van der Waals surface area contributed by atoms with Crippen LogP contribution in [0.2, 0.25) is 0 Å². The minimum atomic E-state index is -0.170. The summed E-state index contributed by atoms with van der Waals surface area (Å²) in [6.45, 7) is 2.20. The zero-order valence-electron chi connectivity index (χ0n) is 16.5. The first kappa shape index (κ1) is 23.1. The van der Waals surface area contributed by atoms with Gasteiger partial charge >= 0.3 is 0 Å². The van der Waals surface area contributed by atoms with Crippen molar-refractivity contribution in [3.05, 3.63) is 78.5 Å². The average molecular weight is 517 g/mol. The van der Waals surface area contributed by atoms with Gasteiger partial charge in [0.25, 0.3) is 0 Å². The second kappa shape index (κ2) is 11.8. The van der Waals surface area contributed by atoms with Crippen LogP contribution in [0.5, 0.6) is 11.5 Å². The summed E-state index contributed by atoms with van der Waals surface area (Å²) in [5.74, 6) is 2.00. The number of anilines is 2. The maximum atomic E-state index is 12.0. The Balaban J connectivity index is 0.00000320. The predicted molar refractivity (Wildman–Crippen MR) is 131 cm³/mol. The Labute approximate surface area is 192 Å². The molecule has 7 nitrogen and oxygen atoms in total. The molecule has 0 fully saturated rings. The van der Waals surface area contributed by atoms with E-state index in [2.05, 4.69) is 20.6 Å². The van der Waals surface area contributed by atoms with Crippen LogP contribution in [0.25, 0.3) is 0 Å². The number of hydrogen-bond acceptors (Lipinski definition) is 4. The summed E-state index contributed by atoms with van der Waals surface area (Å²) >= 11 is 0. The van der Waals surface area contributed by atoms with E-state index >= 15 is 0 Å². The number of amides is 1. The van der Waals surface area contributed by atoms with Crippen molar-refractivity contribution in [1.29, 1.82) is 0 Å². The minimum Gasteiger partial charge on any atom is -0.457 e. The van der Waals surface area contributed by atoms with E-state index < -0.39 is 0 Å². The van der Waals surface area contributed by atoms with E-state index in [0.29, 0.717) is 11.6 Å². The number of hydrogen-bond donors (Lipinski definition) is 3. The molecule has 0 unspecified atom stereocenters. The highest BCUT2D eigenvalue weighted by Gasteiger charge is 2.04. The molecule has 0 atom stereocenters. The van der Waals surface area contributed by atoms with Gasteiger partial charge in [-0.15, -0.1) is 24.0 Å². The van der Waals surface area contributed by atoms with Crippen molar-refractivity contribution < 1.29 is 9.53 Å². The van der Waals surface area contributed by atoms with E-state index in [1.165, 1.54) is 0 Å². The second-order valence-electron chi connectivity index (χ2n) is 6.35. The SMILES string of the molecule is Cc1ccc(NC(=O)CCN=C(N)Nc2cccc(Oc3ccccc3)c2)nc1.I. The van der Waals surface area contributed by atoms with E-state index in [1.54, 1.807) is 12.3 Å². The largest absolute Gasteiger partial charge is 0.457 e. The standard InChI is InChI=1S/C22H23N5O2.HI/c1-16-10-11-20(25-15-16)27-21(28)12-13-24-22(23)26-17-6-5-9-19(14-17)29-18-7-3-2-4-8-18;/h2-11,14-15H,12-13H2,1H3,(H3,23,24,26)(H,25,27,28);1H. The Kier molecular flexibility index (Phi) is 9.07. The fourth-order valence-corrected chi connectivity index (χ4v) is 2.47. The third-order valence-corrected chi connectivity index (χ3v) is 3.89. The normalized spacial score (nSPS) is 10.6. The Morgan fingerprint density at radius 3 is 2.53 bits per heavy atom. The lowest BCUT2D eigenvalue weighted by atomic mass is 10.3. The maximum Gasteiger partial charge on any atom is 0.227 e. The topological polar surface area (TPSA) is 102 Å². The van der Waals surface area contributed by atoms with Crippen molar-refractivity contribution >= 4 is 47.3 Å². The van der Waals surface area contributed by atoms with Crippen LogP contribution in [-0.2, 0) is 4.79 Å². The van der Waals surface area contributed by atoms with Crippen molar-refractivity contribution in [3.63, 3.8) is 0 Å². The van der Waals surface area contributed by atoms with E-state index in [1.807, 2.05) is 67.6 Å². The van der Waals surface area contributed by atoms with Gasteiger partial charge in [-0.05, 0) is 42.8 Å². The monoisotopic (exact) mass is 517 g/mol. The van der Waals surface area contributed by atoms with Gasteiger partial charge in [-0.25, -0.2) is 4.98 Å². The molecule has 156 valence electrons. The molecule has 0 saturated carbocycles. The molecule has 1 aromatic heterocycles. The zero-order valence-corrected chi connectivity index (χ0v) is 18.9. The molecule has 30 heavy (non-hydrogen) atoms. The minimum absolute atomic E-state index is 0. The highest BCUT2D eigenvalue weighted by atomic mass is 127. The summed E-state index contributed by atoms with van der Waals surface area (Å²) in [6.07, 6.45) is 1.90. The van der Waals surface area contributed by atoms with Gasteiger partial charge in [0, 0.05) is 24.4 Å². The fourth-order valence-electron chi connectivity index (χ4n) is 2.47. The number of aliphatic imine (C=N–C) groups is 1. The van der Waals surface area contributed by atoms with Crippen LogP contribution >= 0.6 is 24.0 Å². The molecule has 3 rings (SSSR count). The summed E-state index contributed by atoms with van der Waals surface area (Å²) in [5.41, 5.74) is 7.69. The van der Waals surface area contributed by atoms with Gasteiger partial charge in [0.05, 0.1) is 6.54 Å². The lowest BCUT2D eigenvalue weighted by Crippen LogP contribution is -2.23. The maximum absolute atomic E-state index is 12.0. The average Bonchev–Trinajstić information content (AvgIpc) is 2.71. The highest BCUT2D eigenvalue weighted by molar-refractivity contribution is 14.0. The van der Waals surface area contributed by atoms with Gasteiger partial charge in [0.1, 0.15) is 17.3 Å². The fraction of sp³-hybridized carbons (Fsp3) is 0.136. The molecular weight excluding hydrogens is 493 g/mol. The number of nitrogens with one attached hydrogen (secondary N) is 2. The van der Waals surface area contributed by atoms with E-state index in [9.17, 15) is 4.79 Å². The first-order chi connectivity index (χ1) is 14.1. The van der Waals surface area contributed by atoms with Crippen LogP contribution in [0.15, 0.2) is 77.9 Å². The molecule has 0 spiro atoms. The Bertz CT molecular complexity index is 978. The summed E-state index contributed by atoms with van der Waals surface area (Å²) in [4.78, 5) is 20.3. The van der Waals surface area contributed by atoms with Crippen molar-refractivity contribution in [2.24, 2.45) is 10.7 Å². The van der Waals surface area contributed by atoms with E-state index in [-0.39, 0.29) is 48.8 Å². The van der Waals surface area contributed by atoms with Gasteiger partial charge in [0.2, 0.25) is 5.91 Å². The van der Waals surface area contributed by atoms with E-state index in [0.717, 1.165) is 17.0 Å². The molecular formula is C22H24IN5O2. The second-order valence-corrected chi connectivity index (χ2v) is 6.35. The molecule has 3 aromatic rings. The van der Waals surface area contributed by atoms with Crippen LogP contribution < -0.4 is 21.1 Å². The smallest absolute Gasteiger partial charge is 0.227 e. The van der Waals surface area contributed by atoms with Crippen LogP contribution in [0.1, 0.15) is 12.0 Å². The molecule has 8 heteroatoms. The summed E-state index contributed by atoms with van der Waals surface area (Å²) in [5, 5.41) is 5.73. The number of rotatable bonds is 7. The molecule has 2 aromatic carbocycles. The van der Waals surface area contributed by atoms with Crippen LogP contribution in [-0.4, -0.2) is 23.4 Å². The summed E-state index contributed by atoms with van der Waals surface area (Å²) in [7, 11) is 0. The van der Waals surface area contributed by atoms with Crippen LogP contribution in [0, 0.1) is 6.92 Å². The number of nitrogens with two attached hydrogens (primary N) is 1. The molecule has 1 amide bonds. The Morgan fingerprint density at radius 1 is 1.03 bits per heavy atom. The molecule has 1 heterocycles. The number of aromatic nitrogens is 1. The molecule has 0 saturated heterocycles. The number of ether oxygens (including phenoxy) is 1. The first-order valence-corrected chi connectivity index (χ1v) is 9.21. The van der Waals surface area contributed by atoms with Gasteiger partial charge in [-0.1, -0.05) is 30.3 Å². The van der Waals surface area contributed by atoms with E-state index in [4.69, 9.17) is 10.5 Å².